The van der Waals surface area contributed by atoms with Gasteiger partial charge in [-0.3, -0.25) is 9.48 Å². The van der Waals surface area contributed by atoms with E-state index in [0.29, 0.717) is 5.69 Å². The minimum Gasteiger partial charge on any atom is -0.336 e. The van der Waals surface area contributed by atoms with Crippen LogP contribution >= 0.6 is 0 Å². The third-order valence-electron chi connectivity index (χ3n) is 5.38. The third-order valence-corrected chi connectivity index (χ3v) is 5.38. The van der Waals surface area contributed by atoms with E-state index < -0.39 is 0 Å². The first-order valence-corrected chi connectivity index (χ1v) is 7.72. The molecule has 1 aliphatic heterocycles. The van der Waals surface area contributed by atoms with Gasteiger partial charge in [0.1, 0.15) is 17.8 Å². The minimum atomic E-state index is 0.0657. The van der Waals surface area contributed by atoms with Crippen molar-refractivity contribution >= 4 is 5.91 Å². The van der Waals surface area contributed by atoms with Crippen molar-refractivity contribution in [2.24, 2.45) is 19.5 Å². The maximum Gasteiger partial charge on any atom is 0.272 e. The van der Waals surface area contributed by atoms with E-state index in [1.165, 1.54) is 19.3 Å². The van der Waals surface area contributed by atoms with Crippen LogP contribution in [0, 0.1) is 5.41 Å². The summed E-state index contributed by atoms with van der Waals surface area (Å²) in [7, 11) is 3.79. The van der Waals surface area contributed by atoms with Crippen molar-refractivity contribution in [1.29, 1.82) is 0 Å². The molecule has 1 unspecified atom stereocenters. The second kappa shape index (κ2) is 4.66. The van der Waals surface area contributed by atoms with E-state index in [1.54, 1.807) is 23.3 Å². The fourth-order valence-electron chi connectivity index (χ4n) is 3.97. The maximum atomic E-state index is 12.8. The Bertz CT molecular complexity index is 713. The quantitative estimate of drug-likeness (QED) is 0.828. The highest BCUT2D eigenvalue weighted by atomic mass is 16.2. The molecule has 1 aliphatic carbocycles. The van der Waals surface area contributed by atoms with E-state index in [0.717, 1.165) is 18.9 Å². The minimum absolute atomic E-state index is 0.0657. The lowest BCUT2D eigenvalue weighted by molar-refractivity contribution is 0.0713. The zero-order chi connectivity index (χ0) is 15.3. The Hall–Kier alpha value is -2.18. The molecule has 0 aromatic carbocycles. The molecule has 1 saturated carbocycles. The van der Waals surface area contributed by atoms with Gasteiger partial charge >= 0.3 is 0 Å². The standard InChI is InChI=1S/C15H20N6O/c1-19-10-16-18-13(19)11-8-21(9-15(11)5-3-6-15)14(22)12-4-7-17-20(12)2/h4,7,10-11H,3,5-6,8-9H2,1-2H3. The first kappa shape index (κ1) is 13.5. The number of nitrogens with zero attached hydrogens (tertiary/aromatic N) is 6. The molecule has 1 spiro atoms. The van der Waals surface area contributed by atoms with Crippen molar-refractivity contribution in [3.63, 3.8) is 0 Å². The van der Waals surface area contributed by atoms with Crippen LogP contribution in [0.15, 0.2) is 18.6 Å². The van der Waals surface area contributed by atoms with Crippen LogP contribution in [-0.4, -0.2) is 48.4 Å². The van der Waals surface area contributed by atoms with Crippen molar-refractivity contribution in [3.05, 3.63) is 30.1 Å². The number of aryl methyl sites for hydroxylation is 2. The number of carbonyl (C=O) groups excluding carboxylic acids is 1. The Balaban J connectivity index is 1.64. The van der Waals surface area contributed by atoms with Crippen molar-refractivity contribution in [2.45, 2.75) is 25.2 Å². The molecule has 22 heavy (non-hydrogen) atoms. The Morgan fingerprint density at radius 3 is 2.73 bits per heavy atom. The molecular weight excluding hydrogens is 280 g/mol. The summed E-state index contributed by atoms with van der Waals surface area (Å²) in [5.74, 6) is 1.35. The van der Waals surface area contributed by atoms with Gasteiger partial charge in [-0.25, -0.2) is 0 Å². The maximum absolute atomic E-state index is 12.8. The molecule has 0 radical (unpaired) electrons. The van der Waals surface area contributed by atoms with Gasteiger partial charge in [0.05, 0.1) is 0 Å². The smallest absolute Gasteiger partial charge is 0.272 e. The average Bonchev–Trinajstić information content (AvgIpc) is 3.14. The molecule has 116 valence electrons. The van der Waals surface area contributed by atoms with Crippen LogP contribution in [0.5, 0.6) is 0 Å². The van der Waals surface area contributed by atoms with Gasteiger partial charge in [-0.2, -0.15) is 5.10 Å². The molecule has 2 aromatic rings. The van der Waals surface area contributed by atoms with Crippen LogP contribution in [0.3, 0.4) is 0 Å². The number of likely N-dealkylation sites (tertiary alicyclic amines) is 1. The predicted octanol–water partition coefficient (Wildman–Crippen LogP) is 0.958. The number of rotatable bonds is 2. The number of hydrogen-bond donors (Lipinski definition) is 0. The normalized spacial score (nSPS) is 23.0. The molecule has 0 N–H and O–H groups in total. The molecule has 2 aliphatic rings. The van der Waals surface area contributed by atoms with Crippen molar-refractivity contribution in [3.8, 4) is 0 Å². The molecule has 3 heterocycles. The zero-order valence-corrected chi connectivity index (χ0v) is 12.9. The summed E-state index contributed by atoms with van der Waals surface area (Å²) in [5.41, 5.74) is 0.836. The van der Waals surface area contributed by atoms with Crippen LogP contribution in [0.25, 0.3) is 0 Å². The summed E-state index contributed by atoms with van der Waals surface area (Å²) in [6, 6.07) is 1.78. The molecule has 7 nitrogen and oxygen atoms in total. The number of hydrogen-bond acceptors (Lipinski definition) is 4. The fraction of sp³-hybridized carbons (Fsp3) is 0.600. The molecule has 1 saturated heterocycles. The van der Waals surface area contributed by atoms with Crippen LogP contribution in [0.1, 0.15) is 41.5 Å². The topological polar surface area (TPSA) is 68.8 Å². The van der Waals surface area contributed by atoms with Crippen molar-refractivity contribution in [2.75, 3.05) is 13.1 Å². The van der Waals surface area contributed by atoms with Crippen LogP contribution in [-0.2, 0) is 14.1 Å². The van der Waals surface area contributed by atoms with Gasteiger partial charge in [-0.05, 0) is 24.3 Å². The zero-order valence-electron chi connectivity index (χ0n) is 12.9. The lowest BCUT2D eigenvalue weighted by Gasteiger charge is -2.42. The Morgan fingerprint density at radius 1 is 1.36 bits per heavy atom. The van der Waals surface area contributed by atoms with Gasteiger partial charge in [0.15, 0.2) is 0 Å². The summed E-state index contributed by atoms with van der Waals surface area (Å²) in [6.07, 6.45) is 6.98. The lowest BCUT2D eigenvalue weighted by Crippen LogP contribution is -2.38. The molecule has 2 fully saturated rings. The molecular formula is C15H20N6O. The average molecular weight is 300 g/mol. The summed E-state index contributed by atoms with van der Waals surface area (Å²) in [4.78, 5) is 14.7. The monoisotopic (exact) mass is 300 g/mol. The van der Waals surface area contributed by atoms with E-state index >= 15 is 0 Å². The highest BCUT2D eigenvalue weighted by molar-refractivity contribution is 5.92. The van der Waals surface area contributed by atoms with Gasteiger partial charge < -0.3 is 9.47 Å². The number of amides is 1. The number of carbonyl (C=O) groups is 1. The van der Waals surface area contributed by atoms with E-state index in [2.05, 4.69) is 15.3 Å². The van der Waals surface area contributed by atoms with Crippen LogP contribution in [0.4, 0.5) is 0 Å². The van der Waals surface area contributed by atoms with Gasteiger partial charge in [-0.1, -0.05) is 6.42 Å². The summed E-state index contributed by atoms with van der Waals surface area (Å²) < 4.78 is 3.63. The molecule has 1 amide bonds. The molecule has 1 atom stereocenters. The molecule has 4 rings (SSSR count). The van der Waals surface area contributed by atoms with E-state index in [4.69, 9.17) is 0 Å². The van der Waals surface area contributed by atoms with Crippen LogP contribution < -0.4 is 0 Å². The fourth-order valence-corrected chi connectivity index (χ4v) is 3.97. The van der Waals surface area contributed by atoms with Gasteiger partial charge in [-0.15, -0.1) is 10.2 Å². The Kier molecular flexibility index (Phi) is 2.85. The molecule has 0 bridgehead atoms. The Morgan fingerprint density at radius 2 is 2.18 bits per heavy atom. The van der Waals surface area contributed by atoms with E-state index in [-0.39, 0.29) is 17.2 Å². The van der Waals surface area contributed by atoms with Crippen molar-refractivity contribution in [1.82, 2.24) is 29.4 Å². The van der Waals surface area contributed by atoms with Gasteiger partial charge in [0.25, 0.3) is 5.91 Å². The lowest BCUT2D eigenvalue weighted by atomic mass is 9.62. The first-order valence-electron chi connectivity index (χ1n) is 7.72. The summed E-state index contributed by atoms with van der Waals surface area (Å²) in [5, 5.41) is 12.4. The molecule has 2 aromatic heterocycles. The van der Waals surface area contributed by atoms with Crippen LogP contribution in [0.2, 0.25) is 0 Å². The second-order valence-electron chi connectivity index (χ2n) is 6.59. The highest BCUT2D eigenvalue weighted by Gasteiger charge is 2.53. The SMILES string of the molecule is Cn1cnnc1C1CN(C(=O)c2ccnn2C)CC12CCC2. The van der Waals surface area contributed by atoms with Crippen molar-refractivity contribution < 1.29 is 4.79 Å². The molecule has 7 heteroatoms. The second-order valence-corrected chi connectivity index (χ2v) is 6.59. The highest BCUT2D eigenvalue weighted by Crippen LogP contribution is 2.55. The third kappa shape index (κ3) is 1.81. The number of aromatic nitrogens is 5. The largest absolute Gasteiger partial charge is 0.336 e. The van der Waals surface area contributed by atoms with Gasteiger partial charge in [0.2, 0.25) is 0 Å². The summed E-state index contributed by atoms with van der Waals surface area (Å²) in [6.45, 7) is 1.53. The first-order chi connectivity index (χ1) is 10.6. The van der Waals surface area contributed by atoms with E-state index in [9.17, 15) is 4.79 Å². The van der Waals surface area contributed by atoms with E-state index in [1.807, 2.05) is 23.6 Å². The van der Waals surface area contributed by atoms with Gasteiger partial charge in [0, 0.05) is 39.3 Å². The Labute approximate surface area is 128 Å². The predicted molar refractivity (Wildman–Crippen MR) is 79.1 cm³/mol. The summed E-state index contributed by atoms with van der Waals surface area (Å²) >= 11 is 0.